The Labute approximate surface area is 74.9 Å². The highest BCUT2D eigenvalue weighted by atomic mass is 16.5. The molecule has 0 bridgehead atoms. The third-order valence-corrected chi connectivity index (χ3v) is 2.63. The number of hydrogen-bond acceptors (Lipinski definition) is 2. The zero-order chi connectivity index (χ0) is 9.19. The normalized spacial score (nSPS) is 43.0. The highest BCUT2D eigenvalue weighted by Gasteiger charge is 2.34. The van der Waals surface area contributed by atoms with Gasteiger partial charge in [-0.1, -0.05) is 13.8 Å². The van der Waals surface area contributed by atoms with Gasteiger partial charge in [0, 0.05) is 12.8 Å². The third kappa shape index (κ3) is 2.46. The summed E-state index contributed by atoms with van der Waals surface area (Å²) in [6, 6.07) is 0. The first-order chi connectivity index (χ1) is 5.57. The molecule has 0 aromatic heterocycles. The van der Waals surface area contributed by atoms with E-state index in [0.29, 0.717) is 0 Å². The van der Waals surface area contributed by atoms with E-state index in [1.165, 1.54) is 0 Å². The van der Waals surface area contributed by atoms with E-state index >= 15 is 0 Å². The second-order valence-corrected chi connectivity index (χ2v) is 4.10. The van der Waals surface area contributed by atoms with Gasteiger partial charge in [-0.25, -0.2) is 0 Å². The molecule has 1 heterocycles. The molecule has 1 rings (SSSR count). The van der Waals surface area contributed by atoms with Crippen molar-refractivity contribution in [3.05, 3.63) is 0 Å². The number of hydrogen-bond donors (Lipinski definition) is 1. The van der Waals surface area contributed by atoms with Crippen LogP contribution in [0.4, 0.5) is 0 Å². The van der Waals surface area contributed by atoms with Gasteiger partial charge in [-0.05, 0) is 19.8 Å². The van der Waals surface area contributed by atoms with E-state index in [0.717, 1.165) is 25.7 Å². The first kappa shape index (κ1) is 10.0. The highest BCUT2D eigenvalue weighted by molar-refractivity contribution is 4.85. The Morgan fingerprint density at radius 1 is 1.25 bits per heavy atom. The average molecular weight is 172 g/mol. The van der Waals surface area contributed by atoms with Gasteiger partial charge in [-0.2, -0.15) is 0 Å². The summed E-state index contributed by atoms with van der Waals surface area (Å²) in [7, 11) is 0. The van der Waals surface area contributed by atoms with Gasteiger partial charge in [0.25, 0.3) is 0 Å². The summed E-state index contributed by atoms with van der Waals surface area (Å²) < 4.78 is 5.76. The fourth-order valence-electron chi connectivity index (χ4n) is 1.91. The molecule has 72 valence electrons. The highest BCUT2D eigenvalue weighted by Crippen LogP contribution is 2.30. The zero-order valence-corrected chi connectivity index (χ0v) is 8.34. The Morgan fingerprint density at radius 2 is 1.67 bits per heavy atom. The van der Waals surface area contributed by atoms with E-state index in [2.05, 4.69) is 13.8 Å². The maximum Gasteiger partial charge on any atom is 0.0669 e. The number of aliphatic hydroxyl groups is 1. The van der Waals surface area contributed by atoms with Gasteiger partial charge < -0.3 is 9.84 Å². The molecule has 1 aliphatic rings. The van der Waals surface area contributed by atoms with E-state index in [-0.39, 0.29) is 12.2 Å². The van der Waals surface area contributed by atoms with Gasteiger partial charge in [0.15, 0.2) is 0 Å². The summed E-state index contributed by atoms with van der Waals surface area (Å²) >= 11 is 0. The lowest BCUT2D eigenvalue weighted by molar-refractivity contribution is -0.137. The van der Waals surface area contributed by atoms with Crippen LogP contribution in [0.2, 0.25) is 0 Å². The van der Waals surface area contributed by atoms with Crippen LogP contribution in [-0.4, -0.2) is 22.9 Å². The largest absolute Gasteiger partial charge is 0.390 e. The van der Waals surface area contributed by atoms with Gasteiger partial charge in [0.2, 0.25) is 0 Å². The van der Waals surface area contributed by atoms with Gasteiger partial charge in [-0.15, -0.1) is 0 Å². The van der Waals surface area contributed by atoms with E-state index in [4.69, 9.17) is 4.74 Å². The van der Waals surface area contributed by atoms with Crippen LogP contribution in [-0.2, 0) is 4.74 Å². The minimum Gasteiger partial charge on any atom is -0.390 e. The molecular formula is C10H20O2. The quantitative estimate of drug-likeness (QED) is 0.691. The van der Waals surface area contributed by atoms with Crippen LogP contribution in [0.5, 0.6) is 0 Å². The second kappa shape index (κ2) is 3.75. The lowest BCUT2D eigenvalue weighted by Crippen LogP contribution is -2.42. The standard InChI is InChI=1S/C10H20O2/c1-4-8-6-10(3,11)7-9(5-2)12-8/h8-9,11H,4-7H2,1-3H3/t8-,9+,10?. The molecule has 0 aromatic carbocycles. The minimum absolute atomic E-state index is 0.263. The Hall–Kier alpha value is -0.0800. The Morgan fingerprint density at radius 3 is 2.00 bits per heavy atom. The molecule has 1 aliphatic heterocycles. The fraction of sp³-hybridized carbons (Fsp3) is 1.00. The van der Waals surface area contributed by atoms with Crippen molar-refractivity contribution in [1.82, 2.24) is 0 Å². The number of ether oxygens (including phenoxy) is 1. The fourth-order valence-corrected chi connectivity index (χ4v) is 1.91. The van der Waals surface area contributed by atoms with Crippen molar-refractivity contribution in [2.75, 3.05) is 0 Å². The molecule has 3 atom stereocenters. The second-order valence-electron chi connectivity index (χ2n) is 4.10. The van der Waals surface area contributed by atoms with Crippen molar-refractivity contribution in [3.8, 4) is 0 Å². The third-order valence-electron chi connectivity index (χ3n) is 2.63. The molecule has 0 radical (unpaired) electrons. The molecule has 1 N–H and O–H groups in total. The molecule has 0 amide bonds. The summed E-state index contributed by atoms with van der Waals surface area (Å²) in [6.07, 6.45) is 4.12. The molecule has 0 aromatic rings. The first-order valence-electron chi connectivity index (χ1n) is 4.95. The predicted octanol–water partition coefficient (Wildman–Crippen LogP) is 2.10. The predicted molar refractivity (Wildman–Crippen MR) is 49.1 cm³/mol. The first-order valence-corrected chi connectivity index (χ1v) is 4.95. The lowest BCUT2D eigenvalue weighted by atomic mass is 9.87. The van der Waals surface area contributed by atoms with Crippen molar-refractivity contribution in [2.45, 2.75) is 64.3 Å². The van der Waals surface area contributed by atoms with E-state index < -0.39 is 5.60 Å². The molecule has 2 nitrogen and oxygen atoms in total. The summed E-state index contributed by atoms with van der Waals surface area (Å²) in [5, 5.41) is 9.90. The number of rotatable bonds is 2. The summed E-state index contributed by atoms with van der Waals surface area (Å²) in [4.78, 5) is 0. The van der Waals surface area contributed by atoms with Crippen molar-refractivity contribution in [1.29, 1.82) is 0 Å². The molecule has 1 saturated heterocycles. The topological polar surface area (TPSA) is 29.5 Å². The molecule has 0 aliphatic carbocycles. The monoisotopic (exact) mass is 172 g/mol. The minimum atomic E-state index is -0.500. The van der Waals surface area contributed by atoms with Gasteiger partial charge in [0.05, 0.1) is 17.8 Å². The summed E-state index contributed by atoms with van der Waals surface area (Å²) in [6.45, 7) is 6.14. The van der Waals surface area contributed by atoms with Crippen LogP contribution in [0.15, 0.2) is 0 Å². The molecular weight excluding hydrogens is 152 g/mol. The van der Waals surface area contributed by atoms with E-state index in [1.54, 1.807) is 0 Å². The molecule has 0 spiro atoms. The van der Waals surface area contributed by atoms with Crippen LogP contribution in [0.1, 0.15) is 46.5 Å². The lowest BCUT2D eigenvalue weighted by Gasteiger charge is -2.38. The molecule has 2 heteroatoms. The van der Waals surface area contributed by atoms with Gasteiger partial charge in [0.1, 0.15) is 0 Å². The van der Waals surface area contributed by atoms with Crippen LogP contribution in [0, 0.1) is 0 Å². The van der Waals surface area contributed by atoms with E-state index in [9.17, 15) is 5.11 Å². The van der Waals surface area contributed by atoms with Crippen molar-refractivity contribution >= 4 is 0 Å². The van der Waals surface area contributed by atoms with Crippen LogP contribution < -0.4 is 0 Å². The summed E-state index contributed by atoms with van der Waals surface area (Å²) in [5.74, 6) is 0. The Kier molecular flexibility index (Phi) is 3.13. The van der Waals surface area contributed by atoms with Gasteiger partial charge >= 0.3 is 0 Å². The molecule has 12 heavy (non-hydrogen) atoms. The van der Waals surface area contributed by atoms with Crippen molar-refractivity contribution in [3.63, 3.8) is 0 Å². The van der Waals surface area contributed by atoms with Crippen LogP contribution >= 0.6 is 0 Å². The van der Waals surface area contributed by atoms with Crippen LogP contribution in [0.3, 0.4) is 0 Å². The van der Waals surface area contributed by atoms with E-state index in [1.807, 2.05) is 6.92 Å². The Bertz CT molecular complexity index is 129. The molecule has 0 saturated carbocycles. The average Bonchev–Trinajstić information content (AvgIpc) is 2.01. The Balaban J connectivity index is 2.53. The maximum atomic E-state index is 9.90. The molecule has 1 unspecified atom stereocenters. The smallest absolute Gasteiger partial charge is 0.0669 e. The maximum absolute atomic E-state index is 9.90. The SMILES string of the molecule is CC[C@@H]1CC(C)(O)C[C@H](CC)O1. The zero-order valence-electron chi connectivity index (χ0n) is 8.34. The molecule has 1 fully saturated rings. The van der Waals surface area contributed by atoms with Crippen molar-refractivity contribution < 1.29 is 9.84 Å². The van der Waals surface area contributed by atoms with Crippen molar-refractivity contribution in [2.24, 2.45) is 0 Å². The van der Waals surface area contributed by atoms with Crippen LogP contribution in [0.25, 0.3) is 0 Å². The van der Waals surface area contributed by atoms with Gasteiger partial charge in [-0.3, -0.25) is 0 Å². The summed E-state index contributed by atoms with van der Waals surface area (Å²) in [5.41, 5.74) is -0.500.